The summed E-state index contributed by atoms with van der Waals surface area (Å²) in [4.78, 5) is 9.35. The Labute approximate surface area is 588 Å². The molecule has 16 heteroatoms. The number of rotatable bonds is 15. The summed E-state index contributed by atoms with van der Waals surface area (Å²) in [5, 5.41) is 91.7. The van der Waals surface area contributed by atoms with Crippen molar-refractivity contribution >= 4 is 33.7 Å². The van der Waals surface area contributed by atoms with Crippen molar-refractivity contribution < 1.29 is 68.0 Å². The Kier molecular flexibility index (Phi) is 24.4. The zero-order valence-corrected chi connectivity index (χ0v) is 55.7. The van der Waals surface area contributed by atoms with Gasteiger partial charge in [0.1, 0.15) is 36.3 Å². The van der Waals surface area contributed by atoms with E-state index in [0.717, 1.165) is 172 Å². The molecule has 0 amide bonds. The number of aryl methyl sites for hydroxylation is 2. The molecular formula is C85H86N4O12. The molecule has 6 aromatic carbocycles. The van der Waals surface area contributed by atoms with Crippen LogP contribution in [0.15, 0.2) is 214 Å². The maximum Gasteiger partial charge on any atom is 0.200 e. The van der Waals surface area contributed by atoms with Crippen LogP contribution in [0.1, 0.15) is 71.0 Å². The van der Waals surface area contributed by atoms with E-state index in [1.54, 1.807) is 50.4 Å². The van der Waals surface area contributed by atoms with Gasteiger partial charge >= 0.3 is 0 Å². The van der Waals surface area contributed by atoms with E-state index in [-0.39, 0.29) is 73.5 Å². The minimum atomic E-state index is -0.116. The highest BCUT2D eigenvalue weighted by atomic mass is 16.5. The fourth-order valence-electron chi connectivity index (χ4n) is 12.5. The average molecular weight is 1360 g/mol. The molecule has 14 rings (SSSR count). The van der Waals surface area contributed by atoms with E-state index in [0.29, 0.717) is 11.1 Å². The molecule has 16 nitrogen and oxygen atoms in total. The quantitative estimate of drug-likeness (QED) is 0.0342. The molecule has 9 N–H and O–H groups in total. The molecule has 0 aliphatic heterocycles. The maximum absolute atomic E-state index is 9.62. The first-order valence-electron chi connectivity index (χ1n) is 32.1. The van der Waals surface area contributed by atoms with Gasteiger partial charge in [0.25, 0.3) is 0 Å². The van der Waals surface area contributed by atoms with E-state index in [9.17, 15) is 46.0 Å². The number of benzene rings is 6. The Hall–Kier alpha value is -11.0. The lowest BCUT2D eigenvalue weighted by Gasteiger charge is -2.23. The number of ether oxygens (including phenoxy) is 1. The number of aliphatic hydroxyl groups is 8. The van der Waals surface area contributed by atoms with Crippen LogP contribution in [0.25, 0.3) is 101 Å². The number of pyridine rings is 4. The van der Waals surface area contributed by atoms with E-state index in [1.807, 2.05) is 176 Å². The maximum atomic E-state index is 9.62. The molecule has 0 saturated carbocycles. The third-order valence-corrected chi connectivity index (χ3v) is 18.1. The lowest BCUT2D eigenvalue weighted by molar-refractivity contribution is -0.494. The molecule has 518 valence electrons. The standard InChI is InChI=1S/C23H21NO3.C22H19NO3.C20H21NO3.C18H17NO3.2CH4/c1-15-22-10-21(13-26)20(12-25)9-19(22)11-23(24(15)2)17-5-3-4-16(8-17)18-6-7-27-14-18;1-14-21-9-20(12-25)19(11-24)8-18(21)10-22(23-14)16-4-2-3-15(7-16)17-5-6-26-13-17;1-13-19-9-17(12-23)16(11-22)7-15(19)10-20(21(13)2)14-5-4-6-18(8-14)24-3;1-11-17-7-15(10-21)14(9-20)5-13(17)8-18(19-11)12-3-2-4-16(22)6-12;;/h3-11,14,25-26H,2,12-13H2,1H3;2-10,13,24-25H,11-12H2,1H3;4-10,22-23H,2,11-12H2,1,3H3;2-8,20-22H,9-10H2,1H3;2*1H4. The van der Waals surface area contributed by atoms with Crippen molar-refractivity contribution in [3.05, 3.63) is 298 Å². The molecule has 12 aromatic rings. The minimum absolute atomic E-state index is 0. The van der Waals surface area contributed by atoms with Gasteiger partial charge in [-0.15, -0.1) is 25.0 Å². The van der Waals surface area contributed by atoms with E-state index < -0.39 is 0 Å². The second-order valence-electron chi connectivity index (χ2n) is 24.1. The van der Waals surface area contributed by atoms with Crippen LogP contribution in [0.3, 0.4) is 0 Å². The van der Waals surface area contributed by atoms with Crippen LogP contribution in [0, 0.1) is 54.0 Å². The number of aliphatic hydroxyl groups excluding tert-OH is 8. The molecular weight excluding hydrogens is 1270 g/mol. The van der Waals surface area contributed by atoms with Gasteiger partial charge in [0.2, 0.25) is 0 Å². The van der Waals surface area contributed by atoms with Crippen molar-refractivity contribution in [1.82, 2.24) is 9.97 Å². The number of hydrogen-bond donors (Lipinski definition) is 9. The minimum Gasteiger partial charge on any atom is -0.508 e. The number of aromatic hydroxyl groups is 1. The van der Waals surface area contributed by atoms with Gasteiger partial charge in [-0.2, -0.15) is 0 Å². The first-order chi connectivity index (χ1) is 48.0. The molecule has 0 fully saturated rings. The summed E-state index contributed by atoms with van der Waals surface area (Å²) in [5.41, 5.74) is 23.3. The van der Waals surface area contributed by atoms with E-state index in [4.69, 9.17) is 18.6 Å². The molecule has 0 saturated heterocycles. The molecule has 0 unspecified atom stereocenters. The van der Waals surface area contributed by atoms with Crippen LogP contribution in [0.2, 0.25) is 0 Å². The largest absolute Gasteiger partial charge is 0.508 e. The molecule has 0 bridgehead atoms. The number of phenolic OH excluding ortho intramolecular Hbond substituents is 1. The number of aromatic nitrogens is 4. The lowest BCUT2D eigenvalue weighted by Crippen LogP contribution is -2.31. The van der Waals surface area contributed by atoms with Crippen LogP contribution in [-0.2, 0) is 26.4 Å². The summed E-state index contributed by atoms with van der Waals surface area (Å²) in [6.07, 6.45) is 14.5. The summed E-state index contributed by atoms with van der Waals surface area (Å²) < 4.78 is 19.5. The number of furan rings is 2. The van der Waals surface area contributed by atoms with Crippen LogP contribution < -0.4 is 23.7 Å². The van der Waals surface area contributed by atoms with Crippen LogP contribution in [0.4, 0.5) is 0 Å². The number of phenols is 1. The van der Waals surface area contributed by atoms with Crippen molar-refractivity contribution in [3.63, 3.8) is 0 Å². The smallest absolute Gasteiger partial charge is 0.200 e. The second-order valence-corrected chi connectivity index (χ2v) is 24.1. The summed E-state index contributed by atoms with van der Waals surface area (Å²) in [7, 11) is 1.65. The van der Waals surface area contributed by atoms with Gasteiger partial charge in [-0.05, 0) is 181 Å². The van der Waals surface area contributed by atoms with Crippen molar-refractivity contribution in [2.45, 2.75) is 69.0 Å². The topological polar surface area (TPSA) is 255 Å². The molecule has 2 aliphatic carbocycles. The highest BCUT2D eigenvalue weighted by molar-refractivity contribution is 5.91. The Bertz CT molecular complexity index is 5290. The van der Waals surface area contributed by atoms with Gasteiger partial charge in [0.05, 0.1) is 83.2 Å². The molecule has 0 radical (unpaired) electrons. The molecule has 6 heterocycles. The molecule has 6 aromatic heterocycles. The Balaban J connectivity index is 0.000000156. The molecule has 0 spiro atoms. The zero-order chi connectivity index (χ0) is 70.0. The highest BCUT2D eigenvalue weighted by Gasteiger charge is 2.19. The molecule has 0 atom stereocenters. The summed E-state index contributed by atoms with van der Waals surface area (Å²) in [6, 6.07) is 50.7. The van der Waals surface area contributed by atoms with Gasteiger partial charge in [0, 0.05) is 68.8 Å². The second kappa shape index (κ2) is 33.2. The lowest BCUT2D eigenvalue weighted by atomic mass is 9.91. The van der Waals surface area contributed by atoms with Crippen LogP contribution >= 0.6 is 0 Å². The van der Waals surface area contributed by atoms with Crippen LogP contribution in [-0.4, -0.2) is 89.5 Å². The summed E-state index contributed by atoms with van der Waals surface area (Å²) >= 11 is 0. The Morgan fingerprint density at radius 3 is 1.23 bits per heavy atom. The van der Waals surface area contributed by atoms with Gasteiger partial charge in [-0.3, -0.25) is 9.97 Å². The average Bonchev–Trinajstić information content (AvgIpc) is 0.978. The van der Waals surface area contributed by atoms with Crippen molar-refractivity contribution in [3.8, 4) is 78.8 Å². The summed E-state index contributed by atoms with van der Waals surface area (Å²) in [6.45, 7) is 15.5. The Morgan fingerprint density at radius 2 is 0.822 bits per heavy atom. The summed E-state index contributed by atoms with van der Waals surface area (Å²) in [5.74, 6) is 0.987. The van der Waals surface area contributed by atoms with Gasteiger partial charge in [-0.1, -0.05) is 107 Å². The van der Waals surface area contributed by atoms with E-state index in [2.05, 4.69) is 42.7 Å². The number of methoxy groups -OCH3 is 1. The van der Waals surface area contributed by atoms with Crippen molar-refractivity contribution in [1.29, 1.82) is 0 Å². The molecule has 101 heavy (non-hydrogen) atoms. The monoisotopic (exact) mass is 1350 g/mol. The first-order valence-corrected chi connectivity index (χ1v) is 32.1. The van der Waals surface area contributed by atoms with E-state index in [1.165, 1.54) is 0 Å². The van der Waals surface area contributed by atoms with Gasteiger partial charge in [-0.25, -0.2) is 8.49 Å². The predicted molar refractivity (Wildman–Crippen MR) is 397 cm³/mol. The fourth-order valence-corrected chi connectivity index (χ4v) is 12.5. The first kappa shape index (κ1) is 74.2. The normalized spacial score (nSPS) is 11.9. The SMILES string of the molecule is C.C.C=[n+]1c(-c2cccc(-c3ccoc3)c2)cc2c(c1C)[CH-]C(CO)=C(CO)C=2.C=[n+]1c(-c2cccc(OC)c2)cc2c(c1C)[CH-]C(CO)=C(CO)C=2.Cc1nc(-c2cccc(-c3ccoc3)c2)cc2cc(CO)c(CO)cc12.Cc1nc(-c2cccc(O)c2)cc2cc(CO)c(CO)cc12. The fraction of sp³-hybridized carbons (Fsp3) is 0.176. The third kappa shape index (κ3) is 16.0. The molecule has 2 aliphatic rings. The third-order valence-electron chi connectivity index (χ3n) is 18.1. The van der Waals surface area contributed by atoms with E-state index >= 15 is 0 Å². The van der Waals surface area contributed by atoms with Crippen molar-refractivity contribution in [2.75, 3.05) is 33.5 Å². The Morgan fingerprint density at radius 1 is 0.426 bits per heavy atom. The highest BCUT2D eigenvalue weighted by Crippen LogP contribution is 2.34. The number of nitrogens with zero attached hydrogens (tertiary/aromatic N) is 4. The predicted octanol–water partition coefficient (Wildman–Crippen LogP) is 12.3. The van der Waals surface area contributed by atoms with Crippen molar-refractivity contribution in [2.24, 2.45) is 0 Å². The van der Waals surface area contributed by atoms with Gasteiger partial charge < -0.3 is 59.5 Å². The van der Waals surface area contributed by atoms with Crippen LogP contribution in [0.5, 0.6) is 11.5 Å². The number of hydrogen-bond acceptors (Lipinski definition) is 14. The van der Waals surface area contributed by atoms with Gasteiger partial charge in [0.15, 0.2) is 11.4 Å². The number of fused-ring (bicyclic) bond motifs is 4. The zero-order valence-electron chi connectivity index (χ0n) is 55.7.